The number of nitrogens with zero attached hydrogens (tertiary/aromatic N) is 3. The Morgan fingerprint density at radius 1 is 1.21 bits per heavy atom. The molecule has 0 unspecified atom stereocenters. The van der Waals surface area contributed by atoms with Crippen molar-refractivity contribution in [1.82, 2.24) is 14.3 Å². The Kier molecular flexibility index (Phi) is 5.82. The van der Waals surface area contributed by atoms with E-state index in [2.05, 4.69) is 27.8 Å². The first-order valence-corrected chi connectivity index (χ1v) is 12.2. The molecule has 1 N–H and O–H groups in total. The highest BCUT2D eigenvalue weighted by Gasteiger charge is 2.26. The van der Waals surface area contributed by atoms with E-state index in [-0.39, 0.29) is 6.04 Å². The van der Waals surface area contributed by atoms with Crippen molar-refractivity contribution in [1.29, 1.82) is 0 Å². The number of nitrogens with one attached hydrogen (secondary N) is 1. The van der Waals surface area contributed by atoms with Gasteiger partial charge in [0.25, 0.3) is 0 Å². The van der Waals surface area contributed by atoms with Crippen LogP contribution >= 0.6 is 11.3 Å². The first-order chi connectivity index (χ1) is 14.0. The summed E-state index contributed by atoms with van der Waals surface area (Å²) in [6.07, 6.45) is 2.75. The maximum Gasteiger partial charge on any atom is 0.211 e. The lowest BCUT2D eigenvalue weighted by Gasteiger charge is -2.31. The molecular formula is C20H24N4O3S2. The molecule has 1 fully saturated rings. The number of methoxy groups -OCH3 is 1. The van der Waals surface area contributed by atoms with Crippen LogP contribution in [0.25, 0.3) is 21.3 Å². The summed E-state index contributed by atoms with van der Waals surface area (Å²) in [7, 11) is -1.51. The fraction of sp³-hybridized carbons (Fsp3) is 0.400. The van der Waals surface area contributed by atoms with Gasteiger partial charge in [-0.2, -0.15) is 0 Å². The molecule has 3 aromatic rings. The van der Waals surface area contributed by atoms with Crippen molar-refractivity contribution in [3.8, 4) is 11.1 Å². The molecule has 29 heavy (non-hydrogen) atoms. The van der Waals surface area contributed by atoms with E-state index >= 15 is 0 Å². The van der Waals surface area contributed by atoms with Gasteiger partial charge in [0.15, 0.2) is 5.82 Å². The molecule has 0 amide bonds. The molecule has 1 aliphatic rings. The van der Waals surface area contributed by atoms with Gasteiger partial charge in [0.05, 0.1) is 11.6 Å². The summed E-state index contributed by atoms with van der Waals surface area (Å²) in [5.41, 5.74) is 2.22. The molecule has 7 nitrogen and oxygen atoms in total. The molecule has 1 saturated heterocycles. The van der Waals surface area contributed by atoms with Gasteiger partial charge in [0.2, 0.25) is 10.0 Å². The van der Waals surface area contributed by atoms with E-state index in [1.807, 2.05) is 18.2 Å². The summed E-state index contributed by atoms with van der Waals surface area (Å²) in [5, 5.41) is 6.69. The standard InChI is InChI=1S/C20H24N4O3S2/c1-27-12-17-22-19(21-15-8-10-24(11-9-15)29(2,25)26)18-16(13-28-20(18)23-17)14-6-4-3-5-7-14/h3-7,13,15H,8-12H2,1-2H3,(H,21,22,23). The lowest BCUT2D eigenvalue weighted by atomic mass is 10.0. The van der Waals surface area contributed by atoms with Crippen LogP contribution in [-0.4, -0.2) is 55.2 Å². The Bertz CT molecular complexity index is 1090. The van der Waals surface area contributed by atoms with Crippen molar-refractivity contribution < 1.29 is 13.2 Å². The number of sulfonamides is 1. The minimum atomic E-state index is -3.14. The van der Waals surface area contributed by atoms with Gasteiger partial charge in [-0.1, -0.05) is 30.3 Å². The summed E-state index contributed by atoms with van der Waals surface area (Å²) >= 11 is 1.59. The van der Waals surface area contributed by atoms with Crippen molar-refractivity contribution in [2.75, 3.05) is 31.8 Å². The van der Waals surface area contributed by atoms with E-state index in [4.69, 9.17) is 9.72 Å². The molecule has 3 heterocycles. The van der Waals surface area contributed by atoms with Crippen LogP contribution in [0.3, 0.4) is 0 Å². The number of ether oxygens (including phenoxy) is 1. The maximum absolute atomic E-state index is 11.8. The average molecular weight is 433 g/mol. The summed E-state index contributed by atoms with van der Waals surface area (Å²) in [6, 6.07) is 10.4. The number of anilines is 1. The Labute approximate surface area is 174 Å². The summed E-state index contributed by atoms with van der Waals surface area (Å²) in [6.45, 7) is 1.38. The van der Waals surface area contributed by atoms with Gasteiger partial charge >= 0.3 is 0 Å². The molecule has 0 radical (unpaired) electrons. The fourth-order valence-corrected chi connectivity index (χ4v) is 5.48. The quantitative estimate of drug-likeness (QED) is 0.643. The topological polar surface area (TPSA) is 84.4 Å². The zero-order valence-corrected chi connectivity index (χ0v) is 18.1. The Hall–Kier alpha value is -2.07. The molecule has 0 spiro atoms. The molecule has 4 rings (SSSR count). The van der Waals surface area contributed by atoms with Crippen molar-refractivity contribution >= 4 is 37.4 Å². The van der Waals surface area contributed by atoms with Gasteiger partial charge in [-0.05, 0) is 18.4 Å². The number of aromatic nitrogens is 2. The average Bonchev–Trinajstić information content (AvgIpc) is 3.13. The number of hydrogen-bond donors (Lipinski definition) is 1. The largest absolute Gasteiger partial charge is 0.377 e. The number of rotatable bonds is 6. The van der Waals surface area contributed by atoms with Gasteiger partial charge in [-0.15, -0.1) is 11.3 Å². The predicted molar refractivity (Wildman–Crippen MR) is 117 cm³/mol. The highest BCUT2D eigenvalue weighted by Crippen LogP contribution is 2.37. The molecule has 0 saturated carbocycles. The van der Waals surface area contributed by atoms with Gasteiger partial charge in [-0.25, -0.2) is 22.7 Å². The zero-order chi connectivity index (χ0) is 20.4. The third kappa shape index (κ3) is 4.42. The Morgan fingerprint density at radius 3 is 2.59 bits per heavy atom. The van der Waals surface area contributed by atoms with Gasteiger partial charge in [0.1, 0.15) is 17.3 Å². The highest BCUT2D eigenvalue weighted by molar-refractivity contribution is 7.88. The van der Waals surface area contributed by atoms with E-state index in [1.165, 1.54) is 10.6 Å². The molecule has 0 atom stereocenters. The van der Waals surface area contributed by atoms with E-state index in [9.17, 15) is 8.42 Å². The predicted octanol–water partition coefficient (Wildman–Crippen LogP) is 3.34. The van der Waals surface area contributed by atoms with Crippen LogP contribution in [0.1, 0.15) is 18.7 Å². The van der Waals surface area contributed by atoms with Crippen LogP contribution in [-0.2, 0) is 21.4 Å². The first-order valence-electron chi connectivity index (χ1n) is 9.50. The molecule has 0 aliphatic carbocycles. The Balaban J connectivity index is 1.67. The lowest BCUT2D eigenvalue weighted by Crippen LogP contribution is -2.42. The molecule has 0 bridgehead atoms. The molecular weight excluding hydrogens is 408 g/mol. The number of piperidine rings is 1. The molecule has 154 valence electrons. The fourth-order valence-electron chi connectivity index (χ4n) is 3.64. The third-order valence-electron chi connectivity index (χ3n) is 5.10. The van der Waals surface area contributed by atoms with Gasteiger partial charge < -0.3 is 10.1 Å². The van der Waals surface area contributed by atoms with Crippen LogP contribution in [0, 0.1) is 0 Å². The molecule has 9 heteroatoms. The molecule has 1 aromatic carbocycles. The first kappa shape index (κ1) is 20.2. The highest BCUT2D eigenvalue weighted by atomic mass is 32.2. The number of fused-ring (bicyclic) bond motifs is 1. The van der Waals surface area contributed by atoms with E-state index < -0.39 is 10.0 Å². The van der Waals surface area contributed by atoms with Crippen molar-refractivity contribution in [2.24, 2.45) is 0 Å². The second kappa shape index (κ2) is 8.35. The normalized spacial score (nSPS) is 16.3. The summed E-state index contributed by atoms with van der Waals surface area (Å²) in [5.74, 6) is 1.43. The SMILES string of the molecule is COCc1nc(NC2CCN(S(C)(=O)=O)CC2)c2c(-c3ccccc3)csc2n1. The van der Waals surface area contributed by atoms with Crippen molar-refractivity contribution in [3.05, 3.63) is 41.5 Å². The van der Waals surface area contributed by atoms with Crippen LogP contribution in [0.2, 0.25) is 0 Å². The van der Waals surface area contributed by atoms with Gasteiger partial charge in [0, 0.05) is 37.2 Å². The van der Waals surface area contributed by atoms with Crippen LogP contribution in [0.4, 0.5) is 5.82 Å². The third-order valence-corrected chi connectivity index (χ3v) is 7.28. The smallest absolute Gasteiger partial charge is 0.211 e. The van der Waals surface area contributed by atoms with Gasteiger partial charge in [-0.3, -0.25) is 0 Å². The Morgan fingerprint density at radius 2 is 1.93 bits per heavy atom. The molecule has 1 aliphatic heterocycles. The van der Waals surface area contributed by atoms with Crippen LogP contribution in [0.15, 0.2) is 35.7 Å². The number of thiophene rings is 1. The second-order valence-electron chi connectivity index (χ2n) is 7.20. The van der Waals surface area contributed by atoms with Crippen LogP contribution < -0.4 is 5.32 Å². The summed E-state index contributed by atoms with van der Waals surface area (Å²) in [4.78, 5) is 10.3. The zero-order valence-electron chi connectivity index (χ0n) is 16.5. The lowest BCUT2D eigenvalue weighted by molar-refractivity contribution is 0.178. The molecule has 2 aromatic heterocycles. The minimum Gasteiger partial charge on any atom is -0.377 e. The second-order valence-corrected chi connectivity index (χ2v) is 10.0. The monoisotopic (exact) mass is 432 g/mol. The van der Waals surface area contributed by atoms with E-state index in [1.54, 1.807) is 18.4 Å². The maximum atomic E-state index is 11.8. The number of hydrogen-bond acceptors (Lipinski definition) is 7. The van der Waals surface area contributed by atoms with E-state index in [0.717, 1.165) is 40.0 Å². The van der Waals surface area contributed by atoms with Crippen molar-refractivity contribution in [2.45, 2.75) is 25.5 Å². The van der Waals surface area contributed by atoms with Crippen molar-refractivity contribution in [3.63, 3.8) is 0 Å². The van der Waals surface area contributed by atoms with Crippen LogP contribution in [0.5, 0.6) is 0 Å². The summed E-state index contributed by atoms with van der Waals surface area (Å²) < 4.78 is 30.3. The minimum absolute atomic E-state index is 0.157. The van der Waals surface area contributed by atoms with E-state index in [0.29, 0.717) is 25.5 Å². The number of benzene rings is 1.